The highest BCUT2D eigenvalue weighted by Gasteiger charge is 2.32. The zero-order chi connectivity index (χ0) is 28.7. The average Bonchev–Trinajstić information content (AvgIpc) is 2.78. The number of aliphatic hydroxyl groups is 1. The number of aliphatic imine (C=N–C) groups is 1. The summed E-state index contributed by atoms with van der Waals surface area (Å²) in [5.74, 6) is -5.10. The summed E-state index contributed by atoms with van der Waals surface area (Å²) in [4.78, 5) is 76.2. The molecule has 0 aliphatic rings. The van der Waals surface area contributed by atoms with Crippen LogP contribution in [0.15, 0.2) is 4.99 Å². The minimum absolute atomic E-state index is 0.127. The van der Waals surface area contributed by atoms with Crippen molar-refractivity contribution < 1.29 is 33.9 Å². The minimum Gasteiger partial charge on any atom is -0.394 e. The number of carbonyl (C=O) groups is 6. The molecule has 4 atom stereocenters. The number of primary amides is 2. The van der Waals surface area contributed by atoms with E-state index in [9.17, 15) is 33.9 Å². The van der Waals surface area contributed by atoms with Gasteiger partial charge in [0, 0.05) is 19.9 Å². The molecule has 0 bridgehead atoms. The zero-order valence-electron chi connectivity index (χ0n) is 21.3. The molecule has 0 rings (SSSR count). The number of hydrogen-bond donors (Lipinski definition) is 9. The lowest BCUT2D eigenvalue weighted by molar-refractivity contribution is -0.135. The van der Waals surface area contributed by atoms with E-state index in [4.69, 9.17) is 22.9 Å². The molecule has 0 radical (unpaired) electrons. The number of carbonyl (C=O) groups excluding carboxylic acids is 6. The molecule has 0 aliphatic carbocycles. The minimum atomic E-state index is -1.46. The van der Waals surface area contributed by atoms with Gasteiger partial charge in [-0.15, -0.1) is 0 Å². The number of hydrogen-bond acceptors (Lipinski definition) is 8. The summed E-state index contributed by atoms with van der Waals surface area (Å²) in [6.45, 7) is 3.83. The van der Waals surface area contributed by atoms with Crippen molar-refractivity contribution in [3.63, 3.8) is 0 Å². The van der Waals surface area contributed by atoms with Gasteiger partial charge >= 0.3 is 0 Å². The SMILES string of the molecule is CC(=O)N[C@@H](CCCN=C(N)N)C(=O)N[C@@H](CO)C(=O)N[C@H](C(=O)N[C@@H](CCC(N)=O)C(N)=O)C(C)C. The van der Waals surface area contributed by atoms with Crippen LogP contribution in [0.5, 0.6) is 0 Å². The van der Waals surface area contributed by atoms with Gasteiger partial charge in [-0.1, -0.05) is 13.8 Å². The normalized spacial score (nSPS) is 13.9. The summed E-state index contributed by atoms with van der Waals surface area (Å²) in [6.07, 6.45) is 0.141. The highest BCUT2D eigenvalue weighted by molar-refractivity contribution is 5.95. The molecular weight excluding hydrogens is 490 g/mol. The molecule has 0 saturated carbocycles. The third-order valence-corrected chi connectivity index (χ3v) is 5.04. The van der Waals surface area contributed by atoms with Gasteiger partial charge in [0.25, 0.3) is 0 Å². The van der Waals surface area contributed by atoms with Crippen LogP contribution < -0.4 is 44.2 Å². The Morgan fingerprint density at radius 2 is 1.35 bits per heavy atom. The van der Waals surface area contributed by atoms with Gasteiger partial charge in [-0.2, -0.15) is 0 Å². The van der Waals surface area contributed by atoms with Crippen molar-refractivity contribution in [2.45, 2.75) is 70.6 Å². The summed E-state index contributed by atoms with van der Waals surface area (Å²) < 4.78 is 0. The van der Waals surface area contributed by atoms with E-state index >= 15 is 0 Å². The maximum Gasteiger partial charge on any atom is 0.245 e. The Bertz CT molecular complexity index is 859. The van der Waals surface area contributed by atoms with E-state index in [1.165, 1.54) is 6.92 Å². The third kappa shape index (κ3) is 13.6. The topological polar surface area (TPSA) is 287 Å². The van der Waals surface area contributed by atoms with Crippen molar-refractivity contribution in [3.8, 4) is 0 Å². The molecule has 0 saturated heterocycles. The predicted octanol–water partition coefficient (Wildman–Crippen LogP) is -4.60. The lowest BCUT2D eigenvalue weighted by Gasteiger charge is -2.27. The van der Waals surface area contributed by atoms with Gasteiger partial charge in [0.2, 0.25) is 35.4 Å². The number of amides is 6. The molecule has 0 spiro atoms. The second kappa shape index (κ2) is 16.7. The monoisotopic (exact) mass is 529 g/mol. The number of aliphatic hydroxyl groups excluding tert-OH is 1. The van der Waals surface area contributed by atoms with Crippen molar-refractivity contribution in [2.75, 3.05) is 13.2 Å². The lowest BCUT2D eigenvalue weighted by Crippen LogP contribution is -2.60. The molecule has 0 aromatic heterocycles. The van der Waals surface area contributed by atoms with Crippen LogP contribution in [-0.2, 0) is 28.8 Å². The van der Waals surface area contributed by atoms with Crippen LogP contribution in [0, 0.1) is 5.92 Å². The van der Waals surface area contributed by atoms with Gasteiger partial charge in [-0.05, 0) is 25.2 Å². The van der Waals surface area contributed by atoms with Gasteiger partial charge < -0.3 is 49.3 Å². The molecule has 0 aliphatic heterocycles. The number of nitrogens with one attached hydrogen (secondary N) is 4. The first-order chi connectivity index (χ1) is 17.2. The van der Waals surface area contributed by atoms with Crippen molar-refractivity contribution in [1.29, 1.82) is 0 Å². The van der Waals surface area contributed by atoms with E-state index < -0.39 is 72.1 Å². The molecule has 0 unspecified atom stereocenters. The number of nitrogens with two attached hydrogens (primary N) is 4. The van der Waals surface area contributed by atoms with E-state index in [-0.39, 0.29) is 31.8 Å². The Balaban J connectivity index is 5.36. The Labute approximate surface area is 214 Å². The van der Waals surface area contributed by atoms with Crippen LogP contribution in [-0.4, -0.2) is 83.8 Å². The zero-order valence-corrected chi connectivity index (χ0v) is 21.3. The maximum atomic E-state index is 12.8. The standard InChI is InChI=1S/C21H39N9O7/c1-10(2)16(20(37)28-12(17(23)34)6-7-15(22)33)30-19(36)14(9-31)29-18(35)13(27-11(3)32)5-4-8-26-21(24)25/h10,12-14,16,31H,4-9H2,1-3H3,(H2,22,33)(H2,23,34)(H,27,32)(H,28,37)(H,29,35)(H,30,36)(H4,24,25,26)/t12-,13-,14-,16-/m0/s1. The van der Waals surface area contributed by atoms with E-state index in [1.807, 2.05) is 0 Å². The van der Waals surface area contributed by atoms with Crippen LogP contribution in [0.1, 0.15) is 46.5 Å². The fourth-order valence-electron chi connectivity index (χ4n) is 3.11. The summed E-state index contributed by atoms with van der Waals surface area (Å²) in [7, 11) is 0. The van der Waals surface area contributed by atoms with Gasteiger partial charge in [0.05, 0.1) is 6.61 Å². The first-order valence-electron chi connectivity index (χ1n) is 11.6. The second-order valence-corrected chi connectivity index (χ2v) is 8.64. The molecule has 37 heavy (non-hydrogen) atoms. The van der Waals surface area contributed by atoms with Crippen LogP contribution >= 0.6 is 0 Å². The molecule has 0 aromatic rings. The summed E-state index contributed by atoms with van der Waals surface area (Å²) in [5.41, 5.74) is 20.8. The second-order valence-electron chi connectivity index (χ2n) is 8.64. The fraction of sp³-hybridized carbons (Fsp3) is 0.667. The van der Waals surface area contributed by atoms with Crippen molar-refractivity contribution >= 4 is 41.4 Å². The summed E-state index contributed by atoms with van der Waals surface area (Å²) in [6, 6.07) is -4.89. The van der Waals surface area contributed by atoms with Gasteiger partial charge in [0.15, 0.2) is 5.96 Å². The quantitative estimate of drug-likeness (QED) is 0.0497. The van der Waals surface area contributed by atoms with Gasteiger partial charge in [0.1, 0.15) is 24.2 Å². The highest BCUT2D eigenvalue weighted by atomic mass is 16.3. The van der Waals surface area contributed by atoms with Gasteiger partial charge in [-0.25, -0.2) is 0 Å². The molecule has 0 heterocycles. The lowest BCUT2D eigenvalue weighted by atomic mass is 10.0. The largest absolute Gasteiger partial charge is 0.394 e. The van der Waals surface area contributed by atoms with E-state index in [0.717, 1.165) is 0 Å². The number of nitrogens with zero attached hydrogens (tertiary/aromatic N) is 1. The summed E-state index contributed by atoms with van der Waals surface area (Å²) >= 11 is 0. The Kier molecular flexibility index (Phi) is 14.9. The molecule has 16 heteroatoms. The molecule has 0 fully saturated rings. The molecule has 16 nitrogen and oxygen atoms in total. The Morgan fingerprint density at radius 1 is 0.784 bits per heavy atom. The van der Waals surface area contributed by atoms with Crippen molar-refractivity contribution in [1.82, 2.24) is 21.3 Å². The predicted molar refractivity (Wildman–Crippen MR) is 133 cm³/mol. The Morgan fingerprint density at radius 3 is 1.81 bits per heavy atom. The van der Waals surface area contributed by atoms with Crippen LogP contribution in [0.2, 0.25) is 0 Å². The first-order valence-corrected chi connectivity index (χ1v) is 11.6. The van der Waals surface area contributed by atoms with E-state index in [1.54, 1.807) is 13.8 Å². The summed E-state index contributed by atoms with van der Waals surface area (Å²) in [5, 5.41) is 19.3. The molecule has 0 aromatic carbocycles. The Hall–Kier alpha value is -3.95. The molecule has 6 amide bonds. The average molecular weight is 530 g/mol. The van der Waals surface area contributed by atoms with Crippen LogP contribution in [0.25, 0.3) is 0 Å². The van der Waals surface area contributed by atoms with Crippen LogP contribution in [0.3, 0.4) is 0 Å². The fourth-order valence-corrected chi connectivity index (χ4v) is 3.11. The van der Waals surface area contributed by atoms with E-state index in [2.05, 4.69) is 26.3 Å². The van der Waals surface area contributed by atoms with Gasteiger partial charge in [-0.3, -0.25) is 33.8 Å². The molecule has 13 N–H and O–H groups in total. The van der Waals surface area contributed by atoms with Crippen molar-refractivity contribution in [3.05, 3.63) is 0 Å². The molecular formula is C21H39N9O7. The first kappa shape index (κ1) is 33.0. The van der Waals surface area contributed by atoms with E-state index in [0.29, 0.717) is 6.42 Å². The number of guanidine groups is 1. The third-order valence-electron chi connectivity index (χ3n) is 5.04. The number of rotatable bonds is 17. The van der Waals surface area contributed by atoms with Crippen molar-refractivity contribution in [2.24, 2.45) is 33.8 Å². The smallest absolute Gasteiger partial charge is 0.245 e. The highest BCUT2D eigenvalue weighted by Crippen LogP contribution is 2.06. The van der Waals surface area contributed by atoms with Crippen LogP contribution in [0.4, 0.5) is 0 Å². The molecule has 210 valence electrons. The maximum absolute atomic E-state index is 12.8.